The summed E-state index contributed by atoms with van der Waals surface area (Å²) < 4.78 is 0.881. The second-order valence-corrected chi connectivity index (χ2v) is 7.72. The highest BCUT2D eigenvalue weighted by molar-refractivity contribution is 7.16. The first-order valence-electron chi connectivity index (χ1n) is 7.68. The topological polar surface area (TPSA) is 31.9 Å². The zero-order chi connectivity index (χ0) is 14.9. The zero-order valence-corrected chi connectivity index (χ0v) is 13.8. The Morgan fingerprint density at radius 2 is 2.27 bits per heavy atom. The molecule has 0 radical (unpaired) electrons. The lowest BCUT2D eigenvalue weighted by molar-refractivity contribution is 0.202. The van der Waals surface area contributed by atoms with E-state index in [0.29, 0.717) is 5.92 Å². The van der Waals surface area contributed by atoms with Crippen molar-refractivity contribution in [2.45, 2.75) is 25.3 Å². The Morgan fingerprint density at radius 1 is 1.32 bits per heavy atom. The standard InChI is InChI=1S/C17H18ClN3S/c18-16-4-3-13(22-16)11-21-9-1-2-12(10-21)14-5-7-19-17-15(14)6-8-20-17/h3-8,12H,1-2,9-11H2,(H,19,20). The molecule has 1 aliphatic heterocycles. The number of hydrogen-bond donors (Lipinski definition) is 1. The summed E-state index contributed by atoms with van der Waals surface area (Å²) in [4.78, 5) is 11.5. The molecule has 3 aromatic heterocycles. The number of likely N-dealkylation sites (tertiary alicyclic amines) is 1. The van der Waals surface area contributed by atoms with Gasteiger partial charge in [-0.2, -0.15) is 0 Å². The lowest BCUT2D eigenvalue weighted by atomic mass is 9.89. The summed E-state index contributed by atoms with van der Waals surface area (Å²) in [7, 11) is 0. The van der Waals surface area contributed by atoms with Crippen LogP contribution in [0, 0.1) is 0 Å². The van der Waals surface area contributed by atoms with Gasteiger partial charge in [0.25, 0.3) is 0 Å². The van der Waals surface area contributed by atoms with Gasteiger partial charge in [0.15, 0.2) is 0 Å². The Balaban J connectivity index is 1.54. The number of aromatic amines is 1. The fraction of sp³-hybridized carbons (Fsp3) is 0.353. The number of fused-ring (bicyclic) bond motifs is 1. The highest BCUT2D eigenvalue weighted by atomic mass is 35.5. The molecular weight excluding hydrogens is 314 g/mol. The fourth-order valence-electron chi connectivity index (χ4n) is 3.45. The number of H-pyrrole nitrogens is 1. The first kappa shape index (κ1) is 14.2. The molecule has 0 aromatic carbocycles. The lowest BCUT2D eigenvalue weighted by Crippen LogP contribution is -2.33. The summed E-state index contributed by atoms with van der Waals surface area (Å²) in [5.41, 5.74) is 2.43. The van der Waals surface area contributed by atoms with Crippen LogP contribution < -0.4 is 0 Å². The predicted molar refractivity (Wildman–Crippen MR) is 92.7 cm³/mol. The van der Waals surface area contributed by atoms with E-state index in [9.17, 15) is 0 Å². The van der Waals surface area contributed by atoms with Crippen LogP contribution in [-0.4, -0.2) is 28.0 Å². The average molecular weight is 332 g/mol. The Morgan fingerprint density at radius 3 is 3.14 bits per heavy atom. The molecule has 1 atom stereocenters. The fourth-order valence-corrected chi connectivity index (χ4v) is 4.58. The number of halogens is 1. The first-order chi connectivity index (χ1) is 10.8. The summed E-state index contributed by atoms with van der Waals surface area (Å²) in [6.45, 7) is 3.29. The van der Waals surface area contributed by atoms with E-state index < -0.39 is 0 Å². The van der Waals surface area contributed by atoms with Crippen molar-refractivity contribution in [1.82, 2.24) is 14.9 Å². The summed E-state index contributed by atoms with van der Waals surface area (Å²) in [6, 6.07) is 8.48. The Bertz CT molecular complexity index is 779. The normalized spacial score (nSPS) is 19.8. The number of nitrogens with one attached hydrogen (secondary N) is 1. The molecule has 1 N–H and O–H groups in total. The summed E-state index contributed by atoms with van der Waals surface area (Å²) in [6.07, 6.45) is 6.41. The van der Waals surface area contributed by atoms with Crippen LogP contribution in [0.15, 0.2) is 36.7 Å². The Kier molecular flexibility index (Phi) is 3.90. The van der Waals surface area contributed by atoms with Gasteiger partial charge in [-0.25, -0.2) is 4.98 Å². The van der Waals surface area contributed by atoms with Gasteiger partial charge in [0.05, 0.1) is 4.34 Å². The van der Waals surface area contributed by atoms with Gasteiger partial charge in [0.1, 0.15) is 5.65 Å². The van der Waals surface area contributed by atoms with Crippen LogP contribution in [-0.2, 0) is 6.54 Å². The van der Waals surface area contributed by atoms with E-state index in [1.807, 2.05) is 18.5 Å². The van der Waals surface area contributed by atoms with Crippen LogP contribution in [0.2, 0.25) is 4.34 Å². The van der Waals surface area contributed by atoms with E-state index in [-0.39, 0.29) is 0 Å². The van der Waals surface area contributed by atoms with Gasteiger partial charge in [-0.1, -0.05) is 11.6 Å². The van der Waals surface area contributed by atoms with E-state index in [0.717, 1.165) is 23.1 Å². The Hall–Kier alpha value is -1.36. The van der Waals surface area contributed by atoms with E-state index in [2.05, 4.69) is 33.1 Å². The second-order valence-electron chi connectivity index (χ2n) is 5.92. The maximum atomic E-state index is 6.05. The smallest absolute Gasteiger partial charge is 0.137 e. The molecule has 4 heterocycles. The highest BCUT2D eigenvalue weighted by Crippen LogP contribution is 2.32. The van der Waals surface area contributed by atoms with E-state index in [1.165, 1.54) is 35.2 Å². The van der Waals surface area contributed by atoms with Crippen molar-refractivity contribution in [3.05, 3.63) is 51.4 Å². The van der Waals surface area contributed by atoms with Crippen molar-refractivity contribution in [2.24, 2.45) is 0 Å². The van der Waals surface area contributed by atoms with Crippen molar-refractivity contribution in [3.63, 3.8) is 0 Å². The molecule has 3 nitrogen and oxygen atoms in total. The maximum absolute atomic E-state index is 6.05. The quantitative estimate of drug-likeness (QED) is 0.757. The van der Waals surface area contributed by atoms with Crippen molar-refractivity contribution in [2.75, 3.05) is 13.1 Å². The summed E-state index contributed by atoms with van der Waals surface area (Å²) in [5, 5.41) is 1.27. The van der Waals surface area contributed by atoms with Crippen LogP contribution >= 0.6 is 22.9 Å². The molecule has 0 saturated carbocycles. The number of nitrogens with zero attached hydrogens (tertiary/aromatic N) is 2. The molecular formula is C17H18ClN3S. The minimum atomic E-state index is 0.588. The average Bonchev–Trinajstić information content (AvgIpc) is 3.16. The molecule has 4 rings (SSSR count). The molecule has 0 aliphatic carbocycles. The Labute approximate surface area is 138 Å². The molecule has 1 fully saturated rings. The molecule has 0 bridgehead atoms. The number of thiophene rings is 1. The van der Waals surface area contributed by atoms with E-state index in [1.54, 1.807) is 11.3 Å². The summed E-state index contributed by atoms with van der Waals surface area (Å²) in [5.74, 6) is 0.588. The second kappa shape index (κ2) is 6.03. The third-order valence-corrected chi connectivity index (χ3v) is 5.66. The first-order valence-corrected chi connectivity index (χ1v) is 8.87. The lowest BCUT2D eigenvalue weighted by Gasteiger charge is -2.33. The SMILES string of the molecule is Clc1ccc(CN2CCCC(c3ccnc4[nH]ccc34)C2)s1. The van der Waals surface area contributed by atoms with Crippen LogP contribution in [0.25, 0.3) is 11.0 Å². The van der Waals surface area contributed by atoms with Crippen LogP contribution in [0.5, 0.6) is 0 Å². The molecule has 22 heavy (non-hydrogen) atoms. The maximum Gasteiger partial charge on any atom is 0.137 e. The molecule has 1 aliphatic rings. The van der Waals surface area contributed by atoms with Crippen molar-refractivity contribution in [3.8, 4) is 0 Å². The van der Waals surface area contributed by atoms with Crippen molar-refractivity contribution >= 4 is 34.0 Å². The third-order valence-electron chi connectivity index (χ3n) is 4.45. The number of piperidine rings is 1. The molecule has 5 heteroatoms. The van der Waals surface area contributed by atoms with Crippen LogP contribution in [0.4, 0.5) is 0 Å². The van der Waals surface area contributed by atoms with Gasteiger partial charge in [0.2, 0.25) is 0 Å². The zero-order valence-electron chi connectivity index (χ0n) is 12.3. The van der Waals surface area contributed by atoms with Gasteiger partial charge >= 0.3 is 0 Å². The largest absolute Gasteiger partial charge is 0.346 e. The molecule has 1 saturated heterocycles. The number of aromatic nitrogens is 2. The minimum Gasteiger partial charge on any atom is -0.346 e. The van der Waals surface area contributed by atoms with Crippen LogP contribution in [0.1, 0.15) is 29.2 Å². The molecule has 0 amide bonds. The third kappa shape index (κ3) is 2.78. The van der Waals surface area contributed by atoms with E-state index in [4.69, 9.17) is 11.6 Å². The van der Waals surface area contributed by atoms with Crippen LogP contribution in [0.3, 0.4) is 0 Å². The van der Waals surface area contributed by atoms with Gasteiger partial charge < -0.3 is 4.98 Å². The number of rotatable bonds is 3. The molecule has 1 unspecified atom stereocenters. The van der Waals surface area contributed by atoms with Gasteiger partial charge in [-0.15, -0.1) is 11.3 Å². The molecule has 0 spiro atoms. The van der Waals surface area contributed by atoms with Crippen molar-refractivity contribution < 1.29 is 0 Å². The number of hydrogen-bond acceptors (Lipinski definition) is 3. The van der Waals surface area contributed by atoms with Gasteiger partial charge in [-0.3, -0.25) is 4.90 Å². The van der Waals surface area contributed by atoms with Gasteiger partial charge in [0, 0.05) is 35.7 Å². The predicted octanol–water partition coefficient (Wildman–Crippen LogP) is 4.66. The minimum absolute atomic E-state index is 0.588. The highest BCUT2D eigenvalue weighted by Gasteiger charge is 2.23. The van der Waals surface area contributed by atoms with E-state index >= 15 is 0 Å². The monoisotopic (exact) mass is 331 g/mol. The number of pyridine rings is 1. The molecule has 3 aromatic rings. The van der Waals surface area contributed by atoms with Gasteiger partial charge in [-0.05, 0) is 55.1 Å². The molecule has 114 valence electrons. The summed E-state index contributed by atoms with van der Waals surface area (Å²) >= 11 is 7.74. The van der Waals surface area contributed by atoms with Crippen molar-refractivity contribution in [1.29, 1.82) is 0 Å².